The molecular weight excluding hydrogens is 242 g/mol. The van der Waals surface area contributed by atoms with Gasteiger partial charge in [0.2, 0.25) is 0 Å². The largest absolute Gasteiger partial charge is 0.379 e. The molecule has 1 aromatic carbocycles. The molecule has 0 saturated heterocycles. The van der Waals surface area contributed by atoms with E-state index in [2.05, 4.69) is 25.7 Å². The van der Waals surface area contributed by atoms with E-state index < -0.39 is 0 Å². The average Bonchev–Trinajstić information content (AvgIpc) is 3.08. The Bertz CT molecular complexity index is 639. The second-order valence-electron chi connectivity index (χ2n) is 4.12. The van der Waals surface area contributed by atoms with Crippen LogP contribution in [0.15, 0.2) is 43.1 Å². The van der Waals surface area contributed by atoms with E-state index in [0.717, 1.165) is 17.1 Å². The molecule has 0 aliphatic rings. The summed E-state index contributed by atoms with van der Waals surface area (Å²) in [4.78, 5) is 3.92. The lowest BCUT2D eigenvalue weighted by Crippen LogP contribution is -2.00. The molecule has 7 nitrogen and oxygen atoms in total. The van der Waals surface area contributed by atoms with Crippen molar-refractivity contribution in [3.63, 3.8) is 0 Å². The summed E-state index contributed by atoms with van der Waals surface area (Å²) < 4.78 is 3.40. The number of benzene rings is 1. The maximum Gasteiger partial charge on any atom is 0.138 e. The van der Waals surface area contributed by atoms with Gasteiger partial charge in [-0.05, 0) is 24.3 Å². The predicted octanol–water partition coefficient (Wildman–Crippen LogP) is 1.01. The lowest BCUT2D eigenvalue weighted by Gasteiger charge is -2.05. The van der Waals surface area contributed by atoms with Crippen LogP contribution in [0.25, 0.3) is 5.69 Å². The number of rotatable bonds is 4. The third-order valence-electron chi connectivity index (χ3n) is 2.67. The Morgan fingerprint density at radius 1 is 1.21 bits per heavy atom. The topological polar surface area (TPSA) is 73.5 Å². The van der Waals surface area contributed by atoms with E-state index in [4.69, 9.17) is 0 Å². The first-order valence-electron chi connectivity index (χ1n) is 5.85. The third-order valence-corrected chi connectivity index (χ3v) is 2.67. The molecule has 7 heteroatoms. The molecule has 96 valence electrons. The summed E-state index contributed by atoms with van der Waals surface area (Å²) >= 11 is 0. The molecule has 2 aromatic heterocycles. The number of nitrogens with zero attached hydrogens (tertiary/aromatic N) is 6. The van der Waals surface area contributed by atoms with Crippen LogP contribution in [0, 0.1) is 0 Å². The zero-order valence-corrected chi connectivity index (χ0v) is 10.4. The number of nitrogens with one attached hydrogen (secondary N) is 1. The molecule has 0 aliphatic heterocycles. The SMILES string of the molecule is Cn1cc(CNc2ccc(-n3cncn3)cc2)nn1. The zero-order valence-electron chi connectivity index (χ0n) is 10.4. The number of aryl methyl sites for hydroxylation is 1. The Labute approximate surface area is 109 Å². The number of hydrogen-bond acceptors (Lipinski definition) is 5. The summed E-state index contributed by atoms with van der Waals surface area (Å²) in [5.74, 6) is 0. The monoisotopic (exact) mass is 255 g/mol. The third kappa shape index (κ3) is 2.59. The molecule has 2 heterocycles. The summed E-state index contributed by atoms with van der Waals surface area (Å²) in [6.07, 6.45) is 5.07. The number of hydrogen-bond donors (Lipinski definition) is 1. The van der Waals surface area contributed by atoms with Crippen LogP contribution in [-0.4, -0.2) is 29.8 Å². The molecule has 19 heavy (non-hydrogen) atoms. The van der Waals surface area contributed by atoms with Gasteiger partial charge in [-0.3, -0.25) is 4.68 Å². The van der Waals surface area contributed by atoms with Crippen LogP contribution >= 0.6 is 0 Å². The van der Waals surface area contributed by atoms with Crippen molar-refractivity contribution in [1.29, 1.82) is 0 Å². The van der Waals surface area contributed by atoms with Gasteiger partial charge in [-0.15, -0.1) is 5.10 Å². The van der Waals surface area contributed by atoms with Crippen LogP contribution in [0.5, 0.6) is 0 Å². The maximum atomic E-state index is 4.08. The molecular formula is C12H13N7. The predicted molar refractivity (Wildman–Crippen MR) is 69.7 cm³/mol. The summed E-state index contributed by atoms with van der Waals surface area (Å²) in [6.45, 7) is 0.649. The highest BCUT2D eigenvalue weighted by atomic mass is 15.4. The van der Waals surface area contributed by atoms with Crippen LogP contribution in [0.3, 0.4) is 0 Å². The van der Waals surface area contributed by atoms with Gasteiger partial charge in [-0.2, -0.15) is 5.10 Å². The quantitative estimate of drug-likeness (QED) is 0.753. The van der Waals surface area contributed by atoms with E-state index in [-0.39, 0.29) is 0 Å². The number of anilines is 1. The Balaban J connectivity index is 1.66. The van der Waals surface area contributed by atoms with Crippen LogP contribution in [0.4, 0.5) is 5.69 Å². The van der Waals surface area contributed by atoms with Gasteiger partial charge >= 0.3 is 0 Å². The lowest BCUT2D eigenvalue weighted by atomic mass is 10.3. The highest BCUT2D eigenvalue weighted by Crippen LogP contribution is 2.12. The van der Waals surface area contributed by atoms with E-state index in [1.807, 2.05) is 37.5 Å². The Hall–Kier alpha value is -2.70. The minimum Gasteiger partial charge on any atom is -0.379 e. The maximum absolute atomic E-state index is 4.08. The first-order valence-corrected chi connectivity index (χ1v) is 5.85. The molecule has 3 rings (SSSR count). The van der Waals surface area contributed by atoms with Gasteiger partial charge < -0.3 is 5.32 Å². The van der Waals surface area contributed by atoms with E-state index in [9.17, 15) is 0 Å². The highest BCUT2D eigenvalue weighted by molar-refractivity contribution is 5.48. The van der Waals surface area contributed by atoms with Crippen molar-refractivity contribution in [3.8, 4) is 5.69 Å². The smallest absolute Gasteiger partial charge is 0.138 e. The molecule has 0 spiro atoms. The summed E-state index contributed by atoms with van der Waals surface area (Å²) in [6, 6.07) is 7.95. The van der Waals surface area contributed by atoms with Gasteiger partial charge in [0.05, 0.1) is 12.2 Å². The molecule has 0 unspecified atom stereocenters. The summed E-state index contributed by atoms with van der Waals surface area (Å²) in [7, 11) is 1.85. The fourth-order valence-corrected chi connectivity index (χ4v) is 1.74. The van der Waals surface area contributed by atoms with E-state index in [1.165, 1.54) is 6.33 Å². The average molecular weight is 255 g/mol. The van der Waals surface area contributed by atoms with Crippen LogP contribution < -0.4 is 5.32 Å². The van der Waals surface area contributed by atoms with Crippen molar-refractivity contribution in [2.24, 2.45) is 7.05 Å². The van der Waals surface area contributed by atoms with Gasteiger partial charge in [0.15, 0.2) is 0 Å². The van der Waals surface area contributed by atoms with Crippen LogP contribution in [0.1, 0.15) is 5.69 Å². The van der Waals surface area contributed by atoms with Crippen LogP contribution in [0.2, 0.25) is 0 Å². The summed E-state index contributed by atoms with van der Waals surface area (Å²) in [5.41, 5.74) is 2.90. The minimum atomic E-state index is 0.649. The lowest BCUT2D eigenvalue weighted by molar-refractivity contribution is 0.713. The molecule has 0 fully saturated rings. The van der Waals surface area contributed by atoms with E-state index >= 15 is 0 Å². The van der Waals surface area contributed by atoms with Crippen molar-refractivity contribution >= 4 is 5.69 Å². The number of aromatic nitrogens is 6. The molecule has 0 saturated carbocycles. The van der Waals surface area contributed by atoms with Crippen molar-refractivity contribution < 1.29 is 0 Å². The minimum absolute atomic E-state index is 0.649. The van der Waals surface area contributed by atoms with Crippen molar-refractivity contribution in [1.82, 2.24) is 29.8 Å². The standard InChI is InChI=1S/C12H13N7/c1-18-7-11(16-17-18)6-14-10-2-4-12(5-3-10)19-9-13-8-15-19/h2-5,7-9,14H,6H2,1H3. The fraction of sp³-hybridized carbons (Fsp3) is 0.167. The fourth-order valence-electron chi connectivity index (χ4n) is 1.74. The van der Waals surface area contributed by atoms with Gasteiger partial charge in [0.25, 0.3) is 0 Å². The second-order valence-corrected chi connectivity index (χ2v) is 4.12. The van der Waals surface area contributed by atoms with Crippen molar-refractivity contribution in [2.45, 2.75) is 6.54 Å². The molecule has 0 aliphatic carbocycles. The first kappa shape index (κ1) is 11.4. The van der Waals surface area contributed by atoms with Crippen molar-refractivity contribution in [3.05, 3.63) is 48.8 Å². The first-order chi connectivity index (χ1) is 9.31. The Morgan fingerprint density at radius 3 is 2.68 bits per heavy atom. The molecule has 0 amide bonds. The van der Waals surface area contributed by atoms with E-state index in [1.54, 1.807) is 15.7 Å². The molecule has 0 bridgehead atoms. The normalized spacial score (nSPS) is 10.6. The van der Waals surface area contributed by atoms with Gasteiger partial charge in [-0.1, -0.05) is 5.21 Å². The molecule has 0 radical (unpaired) electrons. The van der Waals surface area contributed by atoms with Gasteiger partial charge in [-0.25, -0.2) is 9.67 Å². The van der Waals surface area contributed by atoms with Crippen LogP contribution in [-0.2, 0) is 13.6 Å². The molecule has 0 atom stereocenters. The Kier molecular flexibility index (Phi) is 2.93. The Morgan fingerprint density at radius 2 is 2.05 bits per heavy atom. The zero-order chi connectivity index (χ0) is 13.1. The van der Waals surface area contributed by atoms with Gasteiger partial charge in [0.1, 0.15) is 18.3 Å². The molecule has 3 aromatic rings. The highest BCUT2D eigenvalue weighted by Gasteiger charge is 2.00. The van der Waals surface area contributed by atoms with Gasteiger partial charge in [0, 0.05) is 18.9 Å². The molecule has 1 N–H and O–H groups in total. The second kappa shape index (κ2) is 4.89. The summed E-state index contributed by atoms with van der Waals surface area (Å²) in [5, 5.41) is 15.3. The van der Waals surface area contributed by atoms with Crippen molar-refractivity contribution in [2.75, 3.05) is 5.32 Å². The van der Waals surface area contributed by atoms with E-state index in [0.29, 0.717) is 6.54 Å².